The molecule has 1 aliphatic carbocycles. The molecule has 0 spiro atoms. The van der Waals surface area contributed by atoms with Crippen molar-refractivity contribution < 1.29 is 4.74 Å². The Bertz CT molecular complexity index is 200. The van der Waals surface area contributed by atoms with Crippen LogP contribution in [0.1, 0.15) is 26.2 Å². The van der Waals surface area contributed by atoms with Crippen molar-refractivity contribution in [2.24, 2.45) is 4.99 Å². The zero-order valence-electron chi connectivity index (χ0n) is 10.1. The molecular formula is C11H23N3O. The molecule has 0 aliphatic heterocycles. The fraction of sp³-hybridized carbons (Fsp3) is 0.909. The zero-order chi connectivity index (χ0) is 11.1. The third kappa shape index (κ3) is 6.33. The second-order valence-electron chi connectivity index (χ2n) is 4.19. The summed E-state index contributed by atoms with van der Waals surface area (Å²) in [6, 6.07) is 0.735. The Morgan fingerprint density at radius 3 is 2.73 bits per heavy atom. The van der Waals surface area contributed by atoms with Crippen molar-refractivity contribution in [3.8, 4) is 0 Å². The van der Waals surface area contributed by atoms with Crippen molar-refractivity contribution in [1.29, 1.82) is 0 Å². The van der Waals surface area contributed by atoms with Gasteiger partial charge in [-0.25, -0.2) is 4.99 Å². The molecule has 0 amide bonds. The molecule has 1 rings (SSSR count). The second kappa shape index (κ2) is 6.67. The number of aliphatic imine (C=N–C) groups is 1. The lowest BCUT2D eigenvalue weighted by atomic mass is 10.4. The summed E-state index contributed by atoms with van der Waals surface area (Å²) in [6.45, 7) is 4.85. The quantitative estimate of drug-likeness (QED) is 0.407. The summed E-state index contributed by atoms with van der Waals surface area (Å²) in [5.41, 5.74) is 0. The Morgan fingerprint density at radius 1 is 1.47 bits per heavy atom. The van der Waals surface area contributed by atoms with Crippen LogP contribution in [0, 0.1) is 0 Å². The van der Waals surface area contributed by atoms with Crippen LogP contribution in [-0.4, -0.2) is 50.8 Å². The van der Waals surface area contributed by atoms with E-state index in [1.807, 2.05) is 0 Å². The average Bonchev–Trinajstić information content (AvgIpc) is 2.96. The second-order valence-corrected chi connectivity index (χ2v) is 4.19. The molecule has 1 fully saturated rings. The highest BCUT2D eigenvalue weighted by molar-refractivity contribution is 5.73. The van der Waals surface area contributed by atoms with Gasteiger partial charge in [-0.15, -0.1) is 0 Å². The summed E-state index contributed by atoms with van der Waals surface area (Å²) in [7, 11) is 4.16. The first kappa shape index (κ1) is 12.3. The molecule has 0 unspecified atom stereocenters. The van der Waals surface area contributed by atoms with E-state index in [-0.39, 0.29) is 0 Å². The molecular weight excluding hydrogens is 190 g/mol. The smallest absolute Gasteiger partial charge is 0.284 e. The Balaban J connectivity index is 2.17. The summed E-state index contributed by atoms with van der Waals surface area (Å²) >= 11 is 0. The van der Waals surface area contributed by atoms with Gasteiger partial charge in [0, 0.05) is 13.1 Å². The van der Waals surface area contributed by atoms with Gasteiger partial charge in [-0.1, -0.05) is 0 Å². The molecule has 0 aromatic rings. The van der Waals surface area contributed by atoms with Crippen molar-refractivity contribution in [1.82, 2.24) is 10.2 Å². The number of hydrogen-bond acceptors (Lipinski definition) is 3. The number of nitrogens with zero attached hydrogens (tertiary/aromatic N) is 2. The van der Waals surface area contributed by atoms with Gasteiger partial charge in [0.25, 0.3) is 6.02 Å². The maximum Gasteiger partial charge on any atom is 0.284 e. The molecule has 88 valence electrons. The number of rotatable bonds is 6. The number of ether oxygens (including phenoxy) is 1. The zero-order valence-corrected chi connectivity index (χ0v) is 10.1. The highest BCUT2D eigenvalue weighted by Gasteiger charge is 2.24. The van der Waals surface area contributed by atoms with Gasteiger partial charge in [-0.3, -0.25) is 0 Å². The van der Waals surface area contributed by atoms with Crippen molar-refractivity contribution in [2.45, 2.75) is 32.3 Å². The molecule has 1 aliphatic rings. The fourth-order valence-corrected chi connectivity index (χ4v) is 1.20. The van der Waals surface area contributed by atoms with Crippen LogP contribution in [0.4, 0.5) is 0 Å². The minimum atomic E-state index is 0.427. The molecule has 15 heavy (non-hydrogen) atoms. The number of nitrogens with one attached hydrogen (secondary N) is 1. The normalized spacial score (nSPS) is 16.9. The summed E-state index contributed by atoms with van der Waals surface area (Å²) in [5.74, 6) is 0. The van der Waals surface area contributed by atoms with Crippen LogP contribution >= 0.6 is 0 Å². The van der Waals surface area contributed by atoms with Crippen molar-refractivity contribution >= 4 is 6.02 Å². The van der Waals surface area contributed by atoms with Gasteiger partial charge >= 0.3 is 0 Å². The van der Waals surface area contributed by atoms with Gasteiger partial charge in [-0.2, -0.15) is 0 Å². The van der Waals surface area contributed by atoms with Gasteiger partial charge in [-0.05, 0) is 46.8 Å². The Morgan fingerprint density at radius 2 is 2.20 bits per heavy atom. The van der Waals surface area contributed by atoms with Crippen molar-refractivity contribution in [3.05, 3.63) is 0 Å². The molecule has 0 atom stereocenters. The van der Waals surface area contributed by atoms with Crippen LogP contribution in [0.15, 0.2) is 4.99 Å². The van der Waals surface area contributed by atoms with E-state index in [1.54, 1.807) is 0 Å². The molecule has 1 N–H and O–H groups in total. The van der Waals surface area contributed by atoms with E-state index in [0.29, 0.717) is 6.10 Å². The van der Waals surface area contributed by atoms with Crippen LogP contribution in [0.5, 0.6) is 0 Å². The van der Waals surface area contributed by atoms with E-state index in [4.69, 9.17) is 4.74 Å². The lowest BCUT2D eigenvalue weighted by molar-refractivity contribution is 0.273. The predicted octanol–water partition coefficient (Wildman–Crippen LogP) is 1.08. The Kier molecular flexibility index (Phi) is 5.47. The van der Waals surface area contributed by atoms with Gasteiger partial charge in [0.05, 0.1) is 0 Å². The summed E-state index contributed by atoms with van der Waals surface area (Å²) in [6.07, 6.45) is 3.87. The van der Waals surface area contributed by atoms with Crippen LogP contribution in [-0.2, 0) is 4.74 Å². The third-order valence-corrected chi connectivity index (χ3v) is 2.15. The van der Waals surface area contributed by atoms with Gasteiger partial charge in [0.2, 0.25) is 0 Å². The highest BCUT2D eigenvalue weighted by atomic mass is 16.5. The number of hydrogen-bond donors (Lipinski definition) is 1. The minimum absolute atomic E-state index is 0.427. The van der Waals surface area contributed by atoms with E-state index in [0.717, 1.165) is 32.1 Å². The van der Waals surface area contributed by atoms with Gasteiger partial charge < -0.3 is 15.0 Å². The van der Waals surface area contributed by atoms with E-state index in [2.05, 4.69) is 36.2 Å². The molecule has 0 aromatic carbocycles. The molecule has 0 aromatic heterocycles. The fourth-order valence-electron chi connectivity index (χ4n) is 1.20. The van der Waals surface area contributed by atoms with E-state index < -0.39 is 0 Å². The molecule has 4 heteroatoms. The molecule has 0 radical (unpaired) electrons. The van der Waals surface area contributed by atoms with E-state index >= 15 is 0 Å². The summed E-state index contributed by atoms with van der Waals surface area (Å²) in [5, 5.41) is 3.16. The van der Waals surface area contributed by atoms with Crippen LogP contribution in [0.2, 0.25) is 0 Å². The van der Waals surface area contributed by atoms with Crippen molar-refractivity contribution in [2.75, 3.05) is 33.7 Å². The van der Waals surface area contributed by atoms with Crippen LogP contribution < -0.4 is 5.32 Å². The standard InChI is InChI=1S/C11H23N3O/c1-4-12-11(15-10-6-7-10)13-8-5-9-14(2)3/h10H,4-9H2,1-3H3,(H,12,13). The first-order valence-electron chi connectivity index (χ1n) is 5.82. The predicted molar refractivity (Wildman–Crippen MR) is 63.3 cm³/mol. The SMILES string of the molecule is CCNC(=NCCCN(C)C)OC1CC1. The molecule has 0 saturated heterocycles. The minimum Gasteiger partial charge on any atom is -0.462 e. The van der Waals surface area contributed by atoms with E-state index in [1.165, 1.54) is 12.8 Å². The first-order chi connectivity index (χ1) is 7.22. The molecule has 4 nitrogen and oxygen atoms in total. The molecule has 0 bridgehead atoms. The Hall–Kier alpha value is -0.770. The average molecular weight is 213 g/mol. The Labute approximate surface area is 92.7 Å². The van der Waals surface area contributed by atoms with Crippen LogP contribution in [0.3, 0.4) is 0 Å². The monoisotopic (exact) mass is 213 g/mol. The summed E-state index contributed by atoms with van der Waals surface area (Å²) < 4.78 is 5.63. The highest BCUT2D eigenvalue weighted by Crippen LogP contribution is 2.23. The molecule has 1 saturated carbocycles. The lowest BCUT2D eigenvalue weighted by Crippen LogP contribution is -2.27. The first-order valence-corrected chi connectivity index (χ1v) is 5.82. The van der Waals surface area contributed by atoms with Gasteiger partial charge in [0.1, 0.15) is 6.10 Å². The molecule has 0 heterocycles. The van der Waals surface area contributed by atoms with Gasteiger partial charge in [0.15, 0.2) is 0 Å². The van der Waals surface area contributed by atoms with Crippen LogP contribution in [0.25, 0.3) is 0 Å². The third-order valence-electron chi connectivity index (χ3n) is 2.15. The van der Waals surface area contributed by atoms with Crippen molar-refractivity contribution in [3.63, 3.8) is 0 Å². The largest absolute Gasteiger partial charge is 0.462 e. The number of amidine groups is 1. The maximum atomic E-state index is 5.63. The van der Waals surface area contributed by atoms with E-state index in [9.17, 15) is 0 Å². The summed E-state index contributed by atoms with van der Waals surface area (Å²) in [4.78, 5) is 6.59. The maximum absolute atomic E-state index is 5.63. The lowest BCUT2D eigenvalue weighted by Gasteiger charge is -2.10. The topological polar surface area (TPSA) is 36.9 Å².